The summed E-state index contributed by atoms with van der Waals surface area (Å²) in [5.41, 5.74) is 5.12. The van der Waals surface area contributed by atoms with E-state index >= 15 is 0 Å². The molecule has 0 aliphatic heterocycles. The average Bonchev–Trinajstić information content (AvgIpc) is 3.13. The van der Waals surface area contributed by atoms with Crippen molar-refractivity contribution in [1.82, 2.24) is 15.3 Å². The van der Waals surface area contributed by atoms with E-state index < -0.39 is 0 Å². The number of benzene rings is 2. The number of aromatic nitrogens is 2. The van der Waals surface area contributed by atoms with Gasteiger partial charge in [0.1, 0.15) is 0 Å². The predicted octanol–water partition coefficient (Wildman–Crippen LogP) is 4.63. The number of hydrogen-bond acceptors (Lipinski definition) is 5. The van der Waals surface area contributed by atoms with E-state index in [-0.39, 0.29) is 11.0 Å². The molecule has 0 aliphatic rings. The fraction of sp³-hybridized carbons (Fsp3) is 0.0909. The third-order valence-electron chi connectivity index (χ3n) is 4.59. The van der Waals surface area contributed by atoms with E-state index in [1.54, 1.807) is 18.3 Å². The fourth-order valence-corrected chi connectivity index (χ4v) is 3.24. The predicted molar refractivity (Wildman–Crippen MR) is 117 cm³/mol. The highest BCUT2D eigenvalue weighted by Gasteiger charge is 2.15. The highest BCUT2D eigenvalue weighted by Crippen LogP contribution is 2.29. The molecule has 0 spiro atoms. The Bertz CT molecular complexity index is 1200. The molecule has 29 heavy (non-hydrogen) atoms. The summed E-state index contributed by atoms with van der Waals surface area (Å²) in [6.45, 7) is 3.82. The Balaban J connectivity index is 1.55. The Labute approximate surface area is 173 Å². The lowest BCUT2D eigenvalue weighted by atomic mass is 10.1. The number of pyridine rings is 1. The van der Waals surface area contributed by atoms with Gasteiger partial charge in [-0.15, -0.1) is 0 Å². The van der Waals surface area contributed by atoms with E-state index in [4.69, 9.17) is 16.6 Å². The molecule has 0 unspecified atom stereocenters. The van der Waals surface area contributed by atoms with Crippen LogP contribution >= 0.6 is 12.2 Å². The molecule has 0 saturated heterocycles. The van der Waals surface area contributed by atoms with Crippen LogP contribution in [0.3, 0.4) is 0 Å². The van der Waals surface area contributed by atoms with Crippen LogP contribution in [0.25, 0.3) is 22.7 Å². The summed E-state index contributed by atoms with van der Waals surface area (Å²) in [6.07, 6.45) is 1.68. The number of nitrogens with zero attached hydrogens (tertiary/aromatic N) is 2. The highest BCUT2D eigenvalue weighted by molar-refractivity contribution is 7.80. The van der Waals surface area contributed by atoms with E-state index in [1.165, 1.54) is 0 Å². The second kappa shape index (κ2) is 7.81. The smallest absolute Gasteiger partial charge is 0.257 e. The molecule has 0 atom stereocenters. The first-order valence-electron chi connectivity index (χ1n) is 9.02. The van der Waals surface area contributed by atoms with E-state index in [0.29, 0.717) is 22.7 Å². The van der Waals surface area contributed by atoms with Crippen LogP contribution in [-0.2, 0) is 0 Å². The Morgan fingerprint density at radius 2 is 1.86 bits per heavy atom. The van der Waals surface area contributed by atoms with Crippen molar-refractivity contribution in [2.45, 2.75) is 13.8 Å². The Kier molecular flexibility index (Phi) is 5.05. The second-order valence-corrected chi connectivity index (χ2v) is 6.95. The van der Waals surface area contributed by atoms with Crippen LogP contribution < -0.4 is 10.6 Å². The number of thiocarbonyl (C=S) groups is 1. The monoisotopic (exact) mass is 402 g/mol. The largest absolute Gasteiger partial charge is 0.434 e. The summed E-state index contributed by atoms with van der Waals surface area (Å²) < 4.78 is 5.83. The van der Waals surface area contributed by atoms with Gasteiger partial charge in [0, 0.05) is 23.0 Å². The molecule has 7 heteroatoms. The first kappa shape index (κ1) is 18.8. The van der Waals surface area contributed by atoms with Crippen LogP contribution in [0.4, 0.5) is 5.69 Å². The summed E-state index contributed by atoms with van der Waals surface area (Å²) in [7, 11) is 0. The van der Waals surface area contributed by atoms with Gasteiger partial charge in [0.2, 0.25) is 5.89 Å². The SMILES string of the molecule is Cc1ccccc1C(=O)NC(=S)Nc1cccc(-c2nc3ncccc3o2)c1C. The van der Waals surface area contributed by atoms with Gasteiger partial charge in [0.15, 0.2) is 16.3 Å². The number of carbonyl (C=O) groups is 1. The molecule has 2 N–H and O–H groups in total. The van der Waals surface area contributed by atoms with Gasteiger partial charge in [-0.2, -0.15) is 4.98 Å². The zero-order valence-electron chi connectivity index (χ0n) is 15.9. The Morgan fingerprint density at radius 1 is 1.03 bits per heavy atom. The number of amides is 1. The van der Waals surface area contributed by atoms with E-state index in [1.807, 2.05) is 56.3 Å². The fourth-order valence-electron chi connectivity index (χ4n) is 3.04. The average molecular weight is 402 g/mol. The third kappa shape index (κ3) is 3.86. The van der Waals surface area contributed by atoms with Crippen LogP contribution in [0.5, 0.6) is 0 Å². The zero-order valence-corrected chi connectivity index (χ0v) is 16.7. The maximum Gasteiger partial charge on any atom is 0.257 e. The molecule has 0 fully saturated rings. The van der Waals surface area contributed by atoms with E-state index in [9.17, 15) is 4.79 Å². The maximum absolute atomic E-state index is 12.5. The quantitative estimate of drug-likeness (QED) is 0.486. The van der Waals surface area contributed by atoms with Gasteiger partial charge in [0.25, 0.3) is 5.91 Å². The topological polar surface area (TPSA) is 80.0 Å². The molecule has 2 aromatic carbocycles. The molecular formula is C22H18N4O2S. The number of fused-ring (bicyclic) bond motifs is 1. The molecule has 2 aromatic heterocycles. The van der Waals surface area contributed by atoms with Crippen LogP contribution in [0.15, 0.2) is 65.2 Å². The number of oxazole rings is 1. The number of anilines is 1. The number of hydrogen-bond donors (Lipinski definition) is 2. The minimum atomic E-state index is -0.251. The van der Waals surface area contributed by atoms with Crippen LogP contribution in [-0.4, -0.2) is 21.0 Å². The van der Waals surface area contributed by atoms with E-state index in [2.05, 4.69) is 20.6 Å². The van der Waals surface area contributed by atoms with Crippen molar-refractivity contribution >= 4 is 40.2 Å². The van der Waals surface area contributed by atoms with Crippen LogP contribution in [0.2, 0.25) is 0 Å². The van der Waals surface area contributed by atoms with Crippen molar-refractivity contribution < 1.29 is 9.21 Å². The molecule has 0 saturated carbocycles. The van der Waals surface area contributed by atoms with Crippen molar-refractivity contribution in [3.63, 3.8) is 0 Å². The van der Waals surface area contributed by atoms with Crippen LogP contribution in [0.1, 0.15) is 21.5 Å². The lowest BCUT2D eigenvalue weighted by Gasteiger charge is -2.14. The number of aryl methyl sites for hydroxylation is 1. The summed E-state index contributed by atoms with van der Waals surface area (Å²) in [6, 6.07) is 16.7. The van der Waals surface area contributed by atoms with Crippen molar-refractivity contribution in [3.05, 3.63) is 77.5 Å². The Morgan fingerprint density at radius 3 is 2.66 bits per heavy atom. The van der Waals surface area contributed by atoms with Gasteiger partial charge >= 0.3 is 0 Å². The first-order chi connectivity index (χ1) is 14.0. The first-order valence-corrected chi connectivity index (χ1v) is 9.43. The normalized spacial score (nSPS) is 10.7. The molecule has 4 rings (SSSR count). The second-order valence-electron chi connectivity index (χ2n) is 6.55. The maximum atomic E-state index is 12.5. The van der Waals surface area contributed by atoms with Gasteiger partial charge in [-0.3, -0.25) is 10.1 Å². The summed E-state index contributed by atoms with van der Waals surface area (Å²) in [5.74, 6) is 0.231. The van der Waals surface area contributed by atoms with Crippen molar-refractivity contribution in [2.24, 2.45) is 0 Å². The van der Waals surface area contributed by atoms with Gasteiger partial charge in [-0.05, 0) is 67.5 Å². The molecule has 6 nitrogen and oxygen atoms in total. The molecule has 0 aliphatic carbocycles. The zero-order chi connectivity index (χ0) is 20.4. The minimum absolute atomic E-state index is 0.220. The summed E-state index contributed by atoms with van der Waals surface area (Å²) >= 11 is 5.34. The molecule has 1 amide bonds. The van der Waals surface area contributed by atoms with Crippen molar-refractivity contribution in [2.75, 3.05) is 5.32 Å². The molecule has 0 bridgehead atoms. The van der Waals surface area contributed by atoms with Crippen molar-refractivity contribution in [3.8, 4) is 11.5 Å². The van der Waals surface area contributed by atoms with E-state index in [0.717, 1.165) is 22.4 Å². The lowest BCUT2D eigenvalue weighted by molar-refractivity contribution is 0.0977. The lowest BCUT2D eigenvalue weighted by Crippen LogP contribution is -2.34. The summed E-state index contributed by atoms with van der Waals surface area (Å²) in [5, 5.41) is 6.03. The third-order valence-corrected chi connectivity index (χ3v) is 4.80. The standard InChI is InChI=1S/C22H18N4O2S/c1-13-7-3-4-8-15(13)20(27)26-22(29)24-17-10-5-9-16(14(17)2)21-25-19-18(28-21)11-6-12-23-19/h3-12H,1-2H3,(H2,24,26,27,29). The summed E-state index contributed by atoms with van der Waals surface area (Å²) in [4.78, 5) is 21.1. The molecular weight excluding hydrogens is 384 g/mol. The van der Waals surface area contributed by atoms with Gasteiger partial charge in [0.05, 0.1) is 0 Å². The highest BCUT2D eigenvalue weighted by atomic mass is 32.1. The molecule has 2 heterocycles. The van der Waals surface area contributed by atoms with Gasteiger partial charge in [-0.1, -0.05) is 24.3 Å². The van der Waals surface area contributed by atoms with Gasteiger partial charge < -0.3 is 9.73 Å². The molecule has 0 radical (unpaired) electrons. The van der Waals surface area contributed by atoms with Crippen molar-refractivity contribution in [1.29, 1.82) is 0 Å². The molecule has 4 aromatic rings. The molecule has 144 valence electrons. The number of carbonyl (C=O) groups excluding carboxylic acids is 1. The number of rotatable bonds is 3. The minimum Gasteiger partial charge on any atom is -0.434 e. The Hall–Kier alpha value is -3.58. The van der Waals surface area contributed by atoms with Crippen LogP contribution in [0, 0.1) is 13.8 Å². The van der Waals surface area contributed by atoms with Gasteiger partial charge in [-0.25, -0.2) is 4.98 Å². The number of nitrogens with one attached hydrogen (secondary N) is 2.